The van der Waals surface area contributed by atoms with Crippen LogP contribution in [0.25, 0.3) is 10.8 Å². The quantitative estimate of drug-likeness (QED) is 0.538. The second-order valence-electron chi connectivity index (χ2n) is 7.90. The minimum atomic E-state index is -3.09. The van der Waals surface area contributed by atoms with Crippen molar-refractivity contribution in [3.63, 3.8) is 0 Å². The number of benzene rings is 2. The van der Waals surface area contributed by atoms with E-state index in [0.29, 0.717) is 31.1 Å². The number of piperazine rings is 1. The van der Waals surface area contributed by atoms with Crippen molar-refractivity contribution in [2.45, 2.75) is 4.90 Å². The topological polar surface area (TPSA) is 111 Å². The number of carbonyl (C=O) groups excluding carboxylic acids is 1. The maximum absolute atomic E-state index is 12.0. The predicted molar refractivity (Wildman–Crippen MR) is 118 cm³/mol. The Balaban J connectivity index is 0.000000172. The normalized spacial score (nSPS) is 17.8. The molecule has 0 aliphatic carbocycles. The Morgan fingerprint density at radius 3 is 2.10 bits per heavy atom. The molecule has 162 valence electrons. The first-order chi connectivity index (χ1) is 14.1. The molecule has 30 heavy (non-hydrogen) atoms. The summed E-state index contributed by atoms with van der Waals surface area (Å²) in [6.07, 6.45) is 1.22. The lowest BCUT2D eigenvalue weighted by atomic mass is 9.99. The fourth-order valence-corrected chi connectivity index (χ4v) is 4.34. The predicted octanol–water partition coefficient (Wildman–Crippen LogP) is 0.829. The van der Waals surface area contributed by atoms with E-state index < -0.39 is 9.84 Å². The lowest BCUT2D eigenvalue weighted by Crippen LogP contribution is -2.58. The molecule has 4 rings (SSSR count). The summed E-state index contributed by atoms with van der Waals surface area (Å²) in [6, 6.07) is 12.9. The van der Waals surface area contributed by atoms with Gasteiger partial charge in [0.1, 0.15) is 0 Å². The van der Waals surface area contributed by atoms with Crippen LogP contribution in [0.3, 0.4) is 0 Å². The van der Waals surface area contributed by atoms with Crippen molar-refractivity contribution in [1.29, 1.82) is 5.41 Å². The second kappa shape index (κ2) is 9.01. The second-order valence-corrected chi connectivity index (χ2v) is 9.91. The SMILES string of the molecule is CN1CC(C(=O)N2CCN(C(=N)N)CC2)C1.CS(=O)(=O)c1ccc2ccccc2c1. The summed E-state index contributed by atoms with van der Waals surface area (Å²) >= 11 is 0. The van der Waals surface area contributed by atoms with Crippen LogP contribution in [0.15, 0.2) is 47.4 Å². The fraction of sp³-hybridized carbons (Fsp3) is 0.429. The third-order valence-corrected chi connectivity index (χ3v) is 6.60. The molecule has 8 nitrogen and oxygen atoms in total. The average Bonchev–Trinajstić information content (AvgIpc) is 2.70. The Morgan fingerprint density at radius 2 is 1.57 bits per heavy atom. The van der Waals surface area contributed by atoms with E-state index in [2.05, 4.69) is 4.90 Å². The molecule has 2 saturated heterocycles. The number of likely N-dealkylation sites (tertiary alicyclic amines) is 1. The molecular weight excluding hydrogens is 402 g/mol. The molecule has 2 heterocycles. The number of carbonyl (C=O) groups is 1. The van der Waals surface area contributed by atoms with Gasteiger partial charge in [0.25, 0.3) is 0 Å². The summed E-state index contributed by atoms with van der Waals surface area (Å²) in [7, 11) is -1.07. The third-order valence-electron chi connectivity index (χ3n) is 5.49. The van der Waals surface area contributed by atoms with E-state index in [0.717, 1.165) is 23.9 Å². The molecule has 0 atom stereocenters. The van der Waals surface area contributed by atoms with Crippen LogP contribution in [0, 0.1) is 11.3 Å². The number of guanidine groups is 1. The summed E-state index contributed by atoms with van der Waals surface area (Å²) < 4.78 is 22.6. The Hall–Kier alpha value is -2.65. The van der Waals surface area contributed by atoms with Crippen molar-refractivity contribution in [1.82, 2.24) is 14.7 Å². The van der Waals surface area contributed by atoms with E-state index >= 15 is 0 Å². The van der Waals surface area contributed by atoms with Gasteiger partial charge in [0.2, 0.25) is 5.91 Å². The van der Waals surface area contributed by atoms with Crippen LogP contribution in [0.5, 0.6) is 0 Å². The average molecular weight is 432 g/mol. The molecule has 0 unspecified atom stereocenters. The van der Waals surface area contributed by atoms with Gasteiger partial charge in [-0.25, -0.2) is 8.42 Å². The first-order valence-corrected chi connectivity index (χ1v) is 11.8. The van der Waals surface area contributed by atoms with Gasteiger partial charge in [0, 0.05) is 45.5 Å². The number of amides is 1. The number of hydrogen-bond donors (Lipinski definition) is 2. The Kier molecular flexibility index (Phi) is 6.62. The molecule has 2 aromatic rings. The van der Waals surface area contributed by atoms with E-state index in [4.69, 9.17) is 11.1 Å². The summed E-state index contributed by atoms with van der Waals surface area (Å²) in [5, 5.41) is 9.32. The highest BCUT2D eigenvalue weighted by Gasteiger charge is 2.34. The number of sulfone groups is 1. The summed E-state index contributed by atoms with van der Waals surface area (Å²) in [4.78, 5) is 18.2. The largest absolute Gasteiger partial charge is 0.370 e. The molecule has 1 amide bonds. The monoisotopic (exact) mass is 431 g/mol. The summed E-state index contributed by atoms with van der Waals surface area (Å²) in [5.41, 5.74) is 5.40. The summed E-state index contributed by atoms with van der Waals surface area (Å²) in [6.45, 7) is 4.52. The van der Waals surface area contributed by atoms with Crippen LogP contribution in [0.1, 0.15) is 0 Å². The highest BCUT2D eigenvalue weighted by atomic mass is 32.2. The van der Waals surface area contributed by atoms with Crippen LogP contribution in [-0.4, -0.2) is 87.6 Å². The minimum Gasteiger partial charge on any atom is -0.370 e. The first kappa shape index (κ1) is 22.0. The molecule has 0 bridgehead atoms. The van der Waals surface area contributed by atoms with Gasteiger partial charge in [-0.05, 0) is 30.0 Å². The maximum Gasteiger partial charge on any atom is 0.228 e. The highest BCUT2D eigenvalue weighted by Crippen LogP contribution is 2.19. The lowest BCUT2D eigenvalue weighted by molar-refractivity contribution is -0.141. The van der Waals surface area contributed by atoms with Gasteiger partial charge in [-0.15, -0.1) is 0 Å². The maximum atomic E-state index is 12.0. The zero-order valence-electron chi connectivity index (χ0n) is 17.4. The van der Waals surface area contributed by atoms with E-state index in [1.165, 1.54) is 6.26 Å². The number of nitrogens with two attached hydrogens (primary N) is 1. The van der Waals surface area contributed by atoms with Crippen molar-refractivity contribution in [2.75, 3.05) is 52.6 Å². The third kappa shape index (κ3) is 5.28. The highest BCUT2D eigenvalue weighted by molar-refractivity contribution is 7.90. The van der Waals surface area contributed by atoms with Gasteiger partial charge >= 0.3 is 0 Å². The first-order valence-electron chi connectivity index (χ1n) is 9.90. The van der Waals surface area contributed by atoms with Gasteiger partial charge in [-0.2, -0.15) is 0 Å². The van der Waals surface area contributed by atoms with E-state index in [1.54, 1.807) is 17.0 Å². The van der Waals surface area contributed by atoms with Crippen molar-refractivity contribution >= 4 is 32.5 Å². The van der Waals surface area contributed by atoms with Gasteiger partial charge in [0.05, 0.1) is 10.8 Å². The molecule has 0 spiro atoms. The molecular formula is C21H29N5O3S. The van der Waals surface area contributed by atoms with E-state index in [9.17, 15) is 13.2 Å². The van der Waals surface area contributed by atoms with Crippen LogP contribution in [0.4, 0.5) is 0 Å². The van der Waals surface area contributed by atoms with Crippen LogP contribution < -0.4 is 5.73 Å². The number of hydrogen-bond acceptors (Lipinski definition) is 5. The Morgan fingerprint density at radius 1 is 1.00 bits per heavy atom. The van der Waals surface area contributed by atoms with Crippen molar-refractivity contribution < 1.29 is 13.2 Å². The molecule has 2 aliphatic heterocycles. The fourth-order valence-electron chi connectivity index (χ4n) is 3.68. The zero-order valence-corrected chi connectivity index (χ0v) is 18.2. The molecule has 2 aromatic carbocycles. The lowest BCUT2D eigenvalue weighted by Gasteiger charge is -2.41. The molecule has 0 saturated carbocycles. The molecule has 0 aromatic heterocycles. The molecule has 2 fully saturated rings. The summed E-state index contributed by atoms with van der Waals surface area (Å²) in [5.74, 6) is 0.561. The molecule has 0 radical (unpaired) electrons. The number of fused-ring (bicyclic) bond motifs is 1. The molecule has 3 N–H and O–H groups in total. The smallest absolute Gasteiger partial charge is 0.228 e. The van der Waals surface area contributed by atoms with Crippen LogP contribution in [-0.2, 0) is 14.6 Å². The van der Waals surface area contributed by atoms with Crippen molar-refractivity contribution in [2.24, 2.45) is 11.7 Å². The van der Waals surface area contributed by atoms with E-state index in [-0.39, 0.29) is 17.8 Å². The minimum absolute atomic E-state index is 0.107. The van der Waals surface area contributed by atoms with E-state index in [1.807, 2.05) is 42.3 Å². The van der Waals surface area contributed by atoms with Gasteiger partial charge in [-0.1, -0.05) is 30.3 Å². The standard InChI is InChI=1S/C11H10O2S.C10H19N5O/c1-14(12,13)11-7-6-9-4-2-3-5-10(9)8-11;1-13-6-8(7-13)9(16)14-2-4-15(5-3-14)10(11)12/h2-8H,1H3;8H,2-7H2,1H3,(H3,11,12). The number of nitrogens with zero attached hydrogens (tertiary/aromatic N) is 3. The Labute approximate surface area is 177 Å². The molecule has 9 heteroatoms. The number of rotatable bonds is 2. The van der Waals surface area contributed by atoms with Crippen molar-refractivity contribution in [3.05, 3.63) is 42.5 Å². The number of nitrogens with one attached hydrogen (secondary N) is 1. The van der Waals surface area contributed by atoms with Gasteiger partial charge in [0.15, 0.2) is 15.8 Å². The van der Waals surface area contributed by atoms with Crippen molar-refractivity contribution in [3.8, 4) is 0 Å². The zero-order chi connectivity index (χ0) is 21.9. The van der Waals surface area contributed by atoms with Crippen LogP contribution in [0.2, 0.25) is 0 Å². The van der Waals surface area contributed by atoms with Crippen LogP contribution >= 0.6 is 0 Å². The Bertz CT molecular complexity index is 1030. The van der Waals surface area contributed by atoms with Gasteiger partial charge < -0.3 is 20.4 Å². The molecule has 2 aliphatic rings. The van der Waals surface area contributed by atoms with Gasteiger partial charge in [-0.3, -0.25) is 10.2 Å².